The molecular weight excluding hydrogens is 506 g/mol. The van der Waals surface area contributed by atoms with Crippen LogP contribution in [0.15, 0.2) is 49.2 Å². The van der Waals surface area contributed by atoms with Crippen LogP contribution in [-0.2, 0) is 11.3 Å². The minimum atomic E-state index is -0.321. The molecule has 3 amide bonds. The van der Waals surface area contributed by atoms with Crippen LogP contribution in [0, 0.1) is 6.92 Å². The predicted octanol–water partition coefficient (Wildman–Crippen LogP) is 3.77. The number of hydrogen-bond acceptors (Lipinski definition) is 7. The monoisotopic (exact) mass is 533 g/mol. The Kier molecular flexibility index (Phi) is 4.89. The Balaban J connectivity index is 1.09. The maximum Gasteiger partial charge on any atom is 0.331 e. The number of likely N-dealkylation sites (N-methyl/N-ethyl adjacent to an activating group) is 1. The highest BCUT2D eigenvalue weighted by Gasteiger charge is 2.43. The van der Waals surface area contributed by atoms with E-state index in [1.165, 1.54) is 22.4 Å². The van der Waals surface area contributed by atoms with Gasteiger partial charge >= 0.3 is 6.03 Å². The Morgan fingerprint density at radius 1 is 1.00 bits per heavy atom. The summed E-state index contributed by atoms with van der Waals surface area (Å²) in [6, 6.07) is 7.78. The highest BCUT2D eigenvalue weighted by atomic mass is 16.2. The van der Waals surface area contributed by atoms with E-state index in [4.69, 9.17) is 9.97 Å². The van der Waals surface area contributed by atoms with E-state index in [0.717, 1.165) is 47.7 Å². The minimum Gasteiger partial charge on any atom is -0.323 e. The van der Waals surface area contributed by atoms with Gasteiger partial charge in [0.05, 0.1) is 29.8 Å². The predicted molar refractivity (Wildman–Crippen MR) is 146 cm³/mol. The number of aryl methyl sites for hydroxylation is 1. The molecule has 0 radical (unpaired) electrons. The number of nitrogens with zero attached hydrogens (tertiary/aromatic N) is 9. The topological polar surface area (TPSA) is 114 Å². The number of carbonyl (C=O) groups excluding carboxylic acids is 2. The molecule has 3 fully saturated rings. The zero-order valence-corrected chi connectivity index (χ0v) is 22.2. The Bertz CT molecular complexity index is 1850. The van der Waals surface area contributed by atoms with Gasteiger partial charge in [0.15, 0.2) is 11.3 Å². The van der Waals surface area contributed by atoms with Crippen molar-refractivity contribution in [1.29, 1.82) is 0 Å². The van der Waals surface area contributed by atoms with Crippen LogP contribution >= 0.6 is 0 Å². The molecule has 0 N–H and O–H groups in total. The van der Waals surface area contributed by atoms with Gasteiger partial charge < -0.3 is 8.97 Å². The number of hydrogen-bond donors (Lipinski definition) is 0. The molecule has 5 aromatic rings. The zero-order valence-electron chi connectivity index (χ0n) is 22.2. The van der Waals surface area contributed by atoms with Crippen molar-refractivity contribution >= 4 is 34.4 Å². The van der Waals surface area contributed by atoms with Crippen LogP contribution in [0.3, 0.4) is 0 Å². The second-order valence-electron chi connectivity index (χ2n) is 11.2. The Hall–Kier alpha value is -4.67. The lowest BCUT2D eigenvalue weighted by Gasteiger charge is -2.17. The lowest BCUT2D eigenvalue weighted by molar-refractivity contribution is -0.123. The van der Waals surface area contributed by atoms with Gasteiger partial charge in [-0.2, -0.15) is 0 Å². The lowest BCUT2D eigenvalue weighted by Crippen LogP contribution is -2.30. The quantitative estimate of drug-likeness (QED) is 0.305. The Morgan fingerprint density at radius 2 is 1.88 bits per heavy atom. The SMILES string of the molecule is Cc1ccnc([C@H]2C[C@@H]2c2ccc3c(ncn3Cc3cn4cc(C5CC5)cc(N5CC(=O)N(C)C5=O)c4n3)n2)n1. The van der Waals surface area contributed by atoms with Gasteiger partial charge in [-0.3, -0.25) is 14.6 Å². The third kappa shape index (κ3) is 3.75. The van der Waals surface area contributed by atoms with E-state index in [2.05, 4.69) is 33.3 Å². The number of pyridine rings is 2. The highest BCUT2D eigenvalue weighted by molar-refractivity contribution is 6.13. The van der Waals surface area contributed by atoms with Gasteiger partial charge in [0.2, 0.25) is 5.91 Å². The Labute approximate surface area is 229 Å². The summed E-state index contributed by atoms with van der Waals surface area (Å²) in [6.45, 7) is 2.52. The molecule has 1 aliphatic heterocycles. The van der Waals surface area contributed by atoms with Crippen molar-refractivity contribution in [3.05, 3.63) is 77.7 Å². The summed E-state index contributed by atoms with van der Waals surface area (Å²) < 4.78 is 4.03. The van der Waals surface area contributed by atoms with E-state index in [1.54, 1.807) is 6.33 Å². The van der Waals surface area contributed by atoms with Gasteiger partial charge in [-0.1, -0.05) is 0 Å². The molecule has 6 heterocycles. The fraction of sp³-hybridized carbons (Fsp3) is 0.345. The van der Waals surface area contributed by atoms with Crippen molar-refractivity contribution in [3.8, 4) is 0 Å². The number of anilines is 1. The van der Waals surface area contributed by atoms with Crippen LogP contribution in [0.4, 0.5) is 10.5 Å². The molecule has 2 atom stereocenters. The molecule has 0 spiro atoms. The summed E-state index contributed by atoms with van der Waals surface area (Å²) in [4.78, 5) is 51.2. The molecule has 1 saturated heterocycles. The largest absolute Gasteiger partial charge is 0.331 e. The molecule has 8 rings (SSSR count). The number of rotatable bonds is 6. The van der Waals surface area contributed by atoms with Crippen molar-refractivity contribution in [2.45, 2.75) is 50.5 Å². The van der Waals surface area contributed by atoms with Gasteiger partial charge in [-0.15, -0.1) is 0 Å². The third-order valence-corrected chi connectivity index (χ3v) is 8.28. The van der Waals surface area contributed by atoms with Gasteiger partial charge in [-0.05, 0) is 61.9 Å². The number of aromatic nitrogens is 7. The second-order valence-corrected chi connectivity index (χ2v) is 11.2. The molecule has 11 heteroatoms. The first-order chi connectivity index (χ1) is 19.4. The van der Waals surface area contributed by atoms with Crippen LogP contribution in [0.2, 0.25) is 0 Å². The molecule has 5 aromatic heterocycles. The highest BCUT2D eigenvalue weighted by Crippen LogP contribution is 2.53. The first-order valence-corrected chi connectivity index (χ1v) is 13.6. The molecule has 3 aliphatic rings. The summed E-state index contributed by atoms with van der Waals surface area (Å²) in [5.41, 5.74) is 6.99. The van der Waals surface area contributed by atoms with Gasteiger partial charge in [0.1, 0.15) is 12.4 Å². The van der Waals surface area contributed by atoms with Crippen LogP contribution in [0.25, 0.3) is 16.8 Å². The van der Waals surface area contributed by atoms with E-state index in [9.17, 15) is 9.59 Å². The first kappa shape index (κ1) is 23.2. The van der Waals surface area contributed by atoms with Crippen LogP contribution in [0.5, 0.6) is 0 Å². The summed E-state index contributed by atoms with van der Waals surface area (Å²) in [7, 11) is 1.52. The molecular formula is C29H27N9O2. The van der Waals surface area contributed by atoms with Gasteiger partial charge in [0, 0.05) is 48.9 Å². The van der Waals surface area contributed by atoms with Crippen molar-refractivity contribution in [2.75, 3.05) is 18.5 Å². The number of fused-ring (bicyclic) bond motifs is 2. The maximum absolute atomic E-state index is 12.8. The summed E-state index contributed by atoms with van der Waals surface area (Å²) in [5, 5.41) is 0. The van der Waals surface area contributed by atoms with Gasteiger partial charge in [0.25, 0.3) is 0 Å². The Morgan fingerprint density at radius 3 is 2.65 bits per heavy atom. The summed E-state index contributed by atoms with van der Waals surface area (Å²) >= 11 is 0. The average molecular weight is 534 g/mol. The third-order valence-electron chi connectivity index (χ3n) is 8.28. The lowest BCUT2D eigenvalue weighted by atomic mass is 10.1. The van der Waals surface area contributed by atoms with Crippen LogP contribution < -0.4 is 4.90 Å². The minimum absolute atomic E-state index is 0.0271. The number of imide groups is 1. The van der Waals surface area contributed by atoms with Crippen LogP contribution in [0.1, 0.15) is 65.5 Å². The maximum atomic E-state index is 12.8. The average Bonchev–Trinajstić information content (AvgIpc) is 3.86. The fourth-order valence-corrected chi connectivity index (χ4v) is 5.77. The van der Waals surface area contributed by atoms with Crippen molar-refractivity contribution in [2.24, 2.45) is 0 Å². The number of amides is 3. The van der Waals surface area contributed by atoms with Gasteiger partial charge in [-0.25, -0.2) is 29.7 Å². The zero-order chi connectivity index (χ0) is 27.1. The number of imidazole rings is 2. The molecule has 0 aromatic carbocycles. The smallest absolute Gasteiger partial charge is 0.323 e. The van der Waals surface area contributed by atoms with E-state index in [-0.39, 0.29) is 18.5 Å². The molecule has 2 aliphatic carbocycles. The van der Waals surface area contributed by atoms with E-state index in [0.29, 0.717) is 41.3 Å². The van der Waals surface area contributed by atoms with Crippen molar-refractivity contribution in [1.82, 2.24) is 38.8 Å². The summed E-state index contributed by atoms with van der Waals surface area (Å²) in [5.74, 6) is 1.78. The summed E-state index contributed by atoms with van der Waals surface area (Å²) in [6.07, 6.45) is 11.0. The number of urea groups is 1. The van der Waals surface area contributed by atoms with Crippen LogP contribution in [-0.4, -0.2) is 64.3 Å². The first-order valence-electron chi connectivity index (χ1n) is 13.6. The fourth-order valence-electron chi connectivity index (χ4n) is 5.77. The molecule has 2 saturated carbocycles. The molecule has 0 bridgehead atoms. The normalized spacial score (nSPS) is 20.9. The van der Waals surface area contributed by atoms with E-state index >= 15 is 0 Å². The standard InChI is InChI=1S/C29H27N9O2/c1-16-7-8-30-26(32-16)21-10-20(21)22-5-6-23-27(34-22)31-15-37(23)13-19-12-36-11-18(17-3-4-17)9-24(28(36)33-19)38-14-25(39)35(2)29(38)40/h5-9,11-12,15,17,20-21H,3-4,10,13-14H2,1-2H3/t20-,21-/m0/s1. The van der Waals surface area contributed by atoms with Crippen molar-refractivity contribution < 1.29 is 9.59 Å². The second kappa shape index (κ2) is 8.41. The molecule has 200 valence electrons. The van der Waals surface area contributed by atoms with Crippen molar-refractivity contribution in [3.63, 3.8) is 0 Å². The molecule has 0 unspecified atom stereocenters. The molecule has 11 nitrogen and oxygen atoms in total. The number of carbonyl (C=O) groups is 2. The van der Waals surface area contributed by atoms with E-state index in [1.807, 2.05) is 40.4 Å². The van der Waals surface area contributed by atoms with E-state index < -0.39 is 0 Å². The molecule has 40 heavy (non-hydrogen) atoms.